The lowest BCUT2D eigenvalue weighted by Crippen LogP contribution is -1.81. The van der Waals surface area contributed by atoms with Gasteiger partial charge in [-0.3, -0.25) is 0 Å². The maximum atomic E-state index is 3.99. The zero-order chi connectivity index (χ0) is 10.1. The normalized spacial score (nSPS) is 21.0. The van der Waals surface area contributed by atoms with Crippen molar-refractivity contribution in [2.75, 3.05) is 0 Å². The number of allylic oxidation sites excluding steroid dienone is 1. The molecular weight excluding hydrogens is 168 g/mol. The summed E-state index contributed by atoms with van der Waals surface area (Å²) in [6.07, 6.45) is 13.1. The summed E-state index contributed by atoms with van der Waals surface area (Å²) >= 11 is 0. The third-order valence-electron chi connectivity index (χ3n) is 2.80. The van der Waals surface area contributed by atoms with Gasteiger partial charge in [0.05, 0.1) is 0 Å². The fourth-order valence-electron chi connectivity index (χ4n) is 1.86. The fourth-order valence-corrected chi connectivity index (χ4v) is 1.86. The molecule has 0 fully saturated rings. The molecular formula is C14H22. The molecule has 0 aromatic heterocycles. The quantitative estimate of drug-likeness (QED) is 0.495. The van der Waals surface area contributed by atoms with Crippen LogP contribution in [0.5, 0.6) is 0 Å². The zero-order valence-electron chi connectivity index (χ0n) is 9.28. The Bertz CT molecular complexity index is 214. The van der Waals surface area contributed by atoms with Crippen molar-refractivity contribution in [1.29, 1.82) is 0 Å². The Balaban J connectivity index is 2.28. The van der Waals surface area contributed by atoms with Crippen molar-refractivity contribution < 1.29 is 0 Å². The van der Waals surface area contributed by atoms with E-state index in [1.54, 1.807) is 0 Å². The van der Waals surface area contributed by atoms with Crippen LogP contribution in [0.15, 0.2) is 12.2 Å². The van der Waals surface area contributed by atoms with Gasteiger partial charge >= 0.3 is 0 Å². The molecule has 0 aliphatic heterocycles. The predicted molar refractivity (Wildman–Crippen MR) is 63.1 cm³/mol. The minimum absolute atomic E-state index is 1.07. The van der Waals surface area contributed by atoms with Crippen LogP contribution in [0, 0.1) is 11.8 Å². The molecule has 0 amide bonds. The molecule has 1 aliphatic carbocycles. The van der Waals surface area contributed by atoms with Gasteiger partial charge in [0.2, 0.25) is 0 Å². The Kier molecular flexibility index (Phi) is 6.24. The minimum atomic E-state index is 1.07. The van der Waals surface area contributed by atoms with E-state index in [1.165, 1.54) is 51.4 Å². The first-order chi connectivity index (χ1) is 6.89. The number of hydrogen-bond donors (Lipinski definition) is 0. The van der Waals surface area contributed by atoms with Gasteiger partial charge in [-0.1, -0.05) is 56.9 Å². The molecule has 14 heavy (non-hydrogen) atoms. The molecule has 0 unspecified atom stereocenters. The highest BCUT2D eigenvalue weighted by Crippen LogP contribution is 2.13. The minimum Gasteiger partial charge on any atom is -0.0983 e. The van der Waals surface area contributed by atoms with Crippen LogP contribution in [0.4, 0.5) is 0 Å². The second-order valence-electron chi connectivity index (χ2n) is 4.23. The summed E-state index contributed by atoms with van der Waals surface area (Å²) in [5.41, 5.74) is 1.14. The highest BCUT2D eigenvalue weighted by atomic mass is 14.0. The lowest BCUT2D eigenvalue weighted by Gasteiger charge is -2.00. The maximum Gasteiger partial charge on any atom is 0.00923 e. The van der Waals surface area contributed by atoms with E-state index in [1.807, 2.05) is 0 Å². The molecule has 1 aliphatic rings. The van der Waals surface area contributed by atoms with Crippen LogP contribution >= 0.6 is 0 Å². The third kappa shape index (κ3) is 5.86. The van der Waals surface area contributed by atoms with Crippen molar-refractivity contribution in [2.45, 2.75) is 64.2 Å². The highest BCUT2D eigenvalue weighted by Gasteiger charge is 1.95. The van der Waals surface area contributed by atoms with Crippen LogP contribution < -0.4 is 0 Å². The van der Waals surface area contributed by atoms with Gasteiger partial charge in [0.25, 0.3) is 0 Å². The van der Waals surface area contributed by atoms with Gasteiger partial charge in [0.1, 0.15) is 0 Å². The molecule has 0 bridgehead atoms. The molecule has 0 N–H and O–H groups in total. The average Bonchev–Trinajstić information content (AvgIpc) is 2.20. The van der Waals surface area contributed by atoms with Crippen LogP contribution in [-0.4, -0.2) is 0 Å². The van der Waals surface area contributed by atoms with Crippen LogP contribution in [-0.2, 0) is 0 Å². The number of hydrogen-bond acceptors (Lipinski definition) is 0. The summed E-state index contributed by atoms with van der Waals surface area (Å²) < 4.78 is 0. The van der Waals surface area contributed by atoms with E-state index in [2.05, 4.69) is 18.4 Å². The monoisotopic (exact) mass is 190 g/mol. The van der Waals surface area contributed by atoms with Crippen LogP contribution in [0.1, 0.15) is 64.2 Å². The van der Waals surface area contributed by atoms with Crippen molar-refractivity contribution in [3.05, 3.63) is 12.2 Å². The fraction of sp³-hybridized carbons (Fsp3) is 0.714. The van der Waals surface area contributed by atoms with Crippen molar-refractivity contribution in [1.82, 2.24) is 0 Å². The van der Waals surface area contributed by atoms with Gasteiger partial charge in [0.15, 0.2) is 0 Å². The van der Waals surface area contributed by atoms with Gasteiger partial charge in [0, 0.05) is 6.42 Å². The smallest absolute Gasteiger partial charge is 0.00923 e. The molecule has 0 radical (unpaired) electrons. The summed E-state index contributed by atoms with van der Waals surface area (Å²) in [5.74, 6) is 6.40. The van der Waals surface area contributed by atoms with E-state index in [-0.39, 0.29) is 0 Å². The molecule has 0 heterocycles. The Morgan fingerprint density at radius 2 is 1.36 bits per heavy atom. The van der Waals surface area contributed by atoms with Crippen molar-refractivity contribution in [3.63, 3.8) is 0 Å². The molecule has 0 atom stereocenters. The SMILES string of the molecule is C=C1C#CCCCCCCCCCC1. The Morgan fingerprint density at radius 3 is 2.07 bits per heavy atom. The molecule has 0 aromatic rings. The Hall–Kier alpha value is -0.700. The second kappa shape index (κ2) is 7.68. The molecule has 0 nitrogen and oxygen atoms in total. The van der Waals surface area contributed by atoms with E-state index >= 15 is 0 Å². The van der Waals surface area contributed by atoms with E-state index in [0.717, 1.165) is 18.4 Å². The first kappa shape index (κ1) is 11.4. The number of rotatable bonds is 0. The van der Waals surface area contributed by atoms with Crippen LogP contribution in [0.3, 0.4) is 0 Å². The summed E-state index contributed by atoms with van der Waals surface area (Å²) in [5, 5.41) is 0. The summed E-state index contributed by atoms with van der Waals surface area (Å²) in [7, 11) is 0. The van der Waals surface area contributed by atoms with Crippen LogP contribution in [0.25, 0.3) is 0 Å². The lowest BCUT2D eigenvalue weighted by molar-refractivity contribution is 0.572. The maximum absolute atomic E-state index is 3.99. The van der Waals surface area contributed by atoms with Crippen molar-refractivity contribution in [3.8, 4) is 11.8 Å². The van der Waals surface area contributed by atoms with Crippen LogP contribution in [0.2, 0.25) is 0 Å². The average molecular weight is 190 g/mol. The third-order valence-corrected chi connectivity index (χ3v) is 2.80. The van der Waals surface area contributed by atoms with E-state index in [9.17, 15) is 0 Å². The standard InChI is InChI=1S/C14H22/c1-14-12-10-8-6-4-2-3-5-7-9-11-13-14/h1-10,12H2. The largest absolute Gasteiger partial charge is 0.0983 e. The molecule has 0 saturated carbocycles. The summed E-state index contributed by atoms with van der Waals surface area (Å²) in [6, 6.07) is 0. The van der Waals surface area contributed by atoms with Gasteiger partial charge in [-0.05, 0) is 24.8 Å². The zero-order valence-corrected chi connectivity index (χ0v) is 9.28. The Labute approximate surface area is 88.8 Å². The van der Waals surface area contributed by atoms with E-state index < -0.39 is 0 Å². The molecule has 0 heteroatoms. The topological polar surface area (TPSA) is 0 Å². The predicted octanol–water partition coefficient (Wildman–Crippen LogP) is 4.46. The molecule has 1 rings (SSSR count). The van der Waals surface area contributed by atoms with Gasteiger partial charge in [-0.25, -0.2) is 0 Å². The highest BCUT2D eigenvalue weighted by molar-refractivity contribution is 5.25. The van der Waals surface area contributed by atoms with Gasteiger partial charge < -0.3 is 0 Å². The first-order valence-electron chi connectivity index (χ1n) is 6.06. The van der Waals surface area contributed by atoms with Gasteiger partial charge in [-0.15, -0.1) is 0 Å². The lowest BCUT2D eigenvalue weighted by atomic mass is 10.1. The van der Waals surface area contributed by atoms with E-state index in [0.29, 0.717) is 0 Å². The Morgan fingerprint density at radius 1 is 0.786 bits per heavy atom. The first-order valence-corrected chi connectivity index (χ1v) is 6.06. The summed E-state index contributed by atoms with van der Waals surface area (Å²) in [4.78, 5) is 0. The molecule has 78 valence electrons. The molecule has 0 spiro atoms. The second-order valence-corrected chi connectivity index (χ2v) is 4.23. The van der Waals surface area contributed by atoms with Gasteiger partial charge in [-0.2, -0.15) is 0 Å². The van der Waals surface area contributed by atoms with Crippen molar-refractivity contribution in [2.24, 2.45) is 0 Å². The molecule has 0 saturated heterocycles. The van der Waals surface area contributed by atoms with Crippen molar-refractivity contribution >= 4 is 0 Å². The molecule has 0 aromatic carbocycles. The summed E-state index contributed by atoms with van der Waals surface area (Å²) in [6.45, 7) is 3.99. The van der Waals surface area contributed by atoms with E-state index in [4.69, 9.17) is 0 Å².